The van der Waals surface area contributed by atoms with E-state index >= 15 is 8.78 Å². The Morgan fingerprint density at radius 2 is 1.77 bits per heavy atom. The molecule has 2 unspecified atom stereocenters. The van der Waals surface area contributed by atoms with E-state index in [1.54, 1.807) is 4.68 Å². The van der Waals surface area contributed by atoms with Gasteiger partial charge in [-0.25, -0.2) is 13.6 Å². The van der Waals surface area contributed by atoms with Gasteiger partial charge in [0.2, 0.25) is 17.7 Å². The number of primary amides is 1. The molecule has 5 heterocycles. The van der Waals surface area contributed by atoms with Crippen LogP contribution in [0.2, 0.25) is 5.02 Å². The van der Waals surface area contributed by atoms with Gasteiger partial charge in [-0.15, -0.1) is 0 Å². The van der Waals surface area contributed by atoms with Gasteiger partial charge in [0.25, 0.3) is 0 Å². The van der Waals surface area contributed by atoms with Crippen LogP contribution >= 0.6 is 11.6 Å². The summed E-state index contributed by atoms with van der Waals surface area (Å²) in [5, 5.41) is 25.0. The number of hydrogen-bond acceptors (Lipinski definition) is 12. The van der Waals surface area contributed by atoms with Crippen molar-refractivity contribution in [2.75, 3.05) is 44.3 Å². The average Bonchev–Trinajstić information content (AvgIpc) is 4.05. The number of nitrogens with zero attached hydrogens (tertiary/aromatic N) is 6. The normalized spacial score (nSPS) is 22.0. The lowest BCUT2D eigenvalue weighted by Gasteiger charge is -2.37. The predicted octanol–water partition coefficient (Wildman–Crippen LogP) is 7.56. The first kappa shape index (κ1) is 47.2. The third-order valence-corrected chi connectivity index (χ3v) is 15.1. The molecule has 16 nitrogen and oxygen atoms in total. The summed E-state index contributed by atoms with van der Waals surface area (Å²) in [4.78, 5) is 45.8. The van der Waals surface area contributed by atoms with Gasteiger partial charge < -0.3 is 30.2 Å². The number of aliphatic hydroxyl groups is 1. The monoisotopic (exact) mass is 977 g/mol. The van der Waals surface area contributed by atoms with Gasteiger partial charge in [-0.1, -0.05) is 60.1 Å². The van der Waals surface area contributed by atoms with Crippen LogP contribution in [0.15, 0.2) is 71.3 Å². The van der Waals surface area contributed by atoms with Crippen LogP contribution in [0.1, 0.15) is 108 Å². The van der Waals surface area contributed by atoms with Crippen LogP contribution < -0.4 is 30.7 Å². The second-order valence-electron chi connectivity index (χ2n) is 18.8. The number of imide groups is 1. The number of fused-ring (bicyclic) bond motifs is 2. The van der Waals surface area contributed by atoms with E-state index in [1.807, 2.05) is 50.4 Å². The maximum Gasteiger partial charge on any atom is 0.329 e. The van der Waals surface area contributed by atoms with Gasteiger partial charge in [-0.3, -0.25) is 29.4 Å². The van der Waals surface area contributed by atoms with Crippen LogP contribution in [0.4, 0.5) is 19.4 Å². The number of carbonyl (C=O) groups excluding carboxylic acids is 3. The molecule has 3 aliphatic heterocycles. The highest BCUT2D eigenvalue weighted by molar-refractivity contribution is 6.34. The molecule has 4 aliphatic rings. The number of rotatable bonds is 14. The molecule has 5 N–H and O–H groups in total. The van der Waals surface area contributed by atoms with Crippen LogP contribution in [-0.2, 0) is 24.0 Å². The van der Waals surface area contributed by atoms with E-state index < -0.39 is 40.1 Å². The number of piperidine rings is 1. The SMILES string of the molecule is CC1c2c(cc(F)c(Cl)c2-c2c(C(N)=O)ccc(OCCO)c2F)OC1(CNC1CCC(c2nc(CN3CCC(c4ccc5c(N6CCC(=O)NC6=O)nn(C)c5c4)CC3)no2)CC1)c1ccccc1. The van der Waals surface area contributed by atoms with Gasteiger partial charge in [0.15, 0.2) is 28.8 Å². The van der Waals surface area contributed by atoms with Crippen molar-refractivity contribution in [2.24, 2.45) is 12.8 Å². The zero-order valence-electron chi connectivity index (χ0n) is 38.9. The number of anilines is 1. The Morgan fingerprint density at radius 3 is 2.50 bits per heavy atom. The lowest BCUT2D eigenvalue weighted by atomic mass is 9.77. The maximum atomic E-state index is 16.5. The van der Waals surface area contributed by atoms with E-state index in [4.69, 9.17) is 36.3 Å². The molecule has 2 saturated heterocycles. The van der Waals surface area contributed by atoms with E-state index in [0.717, 1.165) is 68.1 Å². The lowest BCUT2D eigenvalue weighted by molar-refractivity contribution is -0.120. The highest BCUT2D eigenvalue weighted by Crippen LogP contribution is 2.56. The van der Waals surface area contributed by atoms with E-state index in [-0.39, 0.29) is 65.7 Å². The minimum absolute atomic E-state index is 0.0473. The van der Waals surface area contributed by atoms with Gasteiger partial charge in [0.1, 0.15) is 18.2 Å². The van der Waals surface area contributed by atoms with E-state index in [0.29, 0.717) is 48.6 Å². The zero-order chi connectivity index (χ0) is 48.8. The lowest BCUT2D eigenvalue weighted by Crippen LogP contribution is -2.49. The number of likely N-dealkylation sites (tertiary alicyclic amines) is 1. The number of aromatic nitrogens is 4. The molecule has 2 atom stereocenters. The molecule has 3 fully saturated rings. The molecule has 1 saturated carbocycles. The van der Waals surface area contributed by atoms with Gasteiger partial charge in [0.05, 0.1) is 29.3 Å². The number of hydrogen-bond donors (Lipinski definition) is 4. The van der Waals surface area contributed by atoms with Crippen molar-refractivity contribution >= 4 is 46.2 Å². The van der Waals surface area contributed by atoms with Crippen molar-refractivity contribution in [3.05, 3.63) is 117 Å². The highest BCUT2D eigenvalue weighted by Gasteiger charge is 2.50. The number of nitrogens with one attached hydrogen (secondary N) is 2. The molecule has 2 aromatic heterocycles. The quantitative estimate of drug-likeness (QED) is 0.0836. The van der Waals surface area contributed by atoms with Gasteiger partial charge >= 0.3 is 6.03 Å². The summed E-state index contributed by atoms with van der Waals surface area (Å²) >= 11 is 6.72. The largest absolute Gasteiger partial charge is 0.488 e. The number of benzene rings is 4. The highest BCUT2D eigenvalue weighted by atomic mass is 35.5. The fourth-order valence-electron chi connectivity index (χ4n) is 10.9. The predicted molar refractivity (Wildman–Crippen MR) is 256 cm³/mol. The topological polar surface area (TPSA) is 203 Å². The Labute approximate surface area is 407 Å². The smallest absolute Gasteiger partial charge is 0.329 e. The van der Waals surface area contributed by atoms with Crippen LogP contribution in [-0.4, -0.2) is 93.2 Å². The summed E-state index contributed by atoms with van der Waals surface area (Å²) in [6, 6.07) is 19.3. The van der Waals surface area contributed by atoms with Crippen molar-refractivity contribution in [2.45, 2.75) is 87.8 Å². The maximum absolute atomic E-state index is 16.5. The summed E-state index contributed by atoms with van der Waals surface area (Å²) < 4.78 is 52.2. The molecule has 19 heteroatoms. The summed E-state index contributed by atoms with van der Waals surface area (Å²) in [7, 11) is 1.87. The number of nitrogens with two attached hydrogens (primary N) is 1. The standard InChI is InChI=1S/C51H54ClF2N9O7/c1-28-42-39(25-36(53)45(52)44(42)43-35(47(55)66)14-15-38(46(43)54)68-23-22-64)69-51(28,32-6-4-3-5-7-32)27-56-33-11-8-30(9-12-33)49-57-40(60-70-49)26-62-19-16-29(17-20-62)31-10-13-34-37(24-31)61(2)59-48(34)63-21-18-41(65)58-50(63)67/h3-7,10,13-15,24-25,28-30,33,56,64H,8-9,11-12,16-23,26-27H2,1-2H3,(H2,55,66)(H,58,65,67). The second kappa shape index (κ2) is 19.4. The molecular weight excluding hydrogens is 924 g/mol. The van der Waals surface area contributed by atoms with Gasteiger partial charge in [0, 0.05) is 72.6 Å². The average molecular weight is 978 g/mol. The number of aryl methyl sites for hydroxylation is 1. The molecule has 1 aliphatic carbocycles. The first-order chi connectivity index (χ1) is 33.8. The van der Waals surface area contributed by atoms with Crippen molar-refractivity contribution in [1.82, 2.24) is 35.5 Å². The van der Waals surface area contributed by atoms with Crippen LogP contribution in [0.25, 0.3) is 22.0 Å². The second-order valence-corrected chi connectivity index (χ2v) is 19.2. The Hall–Kier alpha value is -6.47. The molecular formula is C51H54ClF2N9O7. The molecule has 70 heavy (non-hydrogen) atoms. The van der Waals surface area contributed by atoms with Crippen molar-refractivity contribution in [3.8, 4) is 22.6 Å². The number of ether oxygens (including phenoxy) is 2. The summed E-state index contributed by atoms with van der Waals surface area (Å²) in [5.74, 6) is -1.34. The third-order valence-electron chi connectivity index (χ3n) is 14.7. The van der Waals surface area contributed by atoms with Crippen molar-refractivity contribution < 1.29 is 42.3 Å². The molecule has 0 bridgehead atoms. The molecule has 4 amide bonds. The summed E-state index contributed by atoms with van der Waals surface area (Å²) in [5.41, 5.74) is 7.51. The third kappa shape index (κ3) is 8.75. The number of aliphatic hydroxyl groups excluding tert-OH is 1. The summed E-state index contributed by atoms with van der Waals surface area (Å²) in [6.45, 7) is 4.28. The van der Waals surface area contributed by atoms with Crippen molar-refractivity contribution in [3.63, 3.8) is 0 Å². The number of amides is 4. The molecule has 4 aromatic carbocycles. The molecule has 10 rings (SSSR count). The van der Waals surface area contributed by atoms with E-state index in [1.165, 1.54) is 28.7 Å². The van der Waals surface area contributed by atoms with Gasteiger partial charge in [-0.05, 0) is 92.9 Å². The van der Waals surface area contributed by atoms with E-state index in [9.17, 15) is 19.5 Å². The van der Waals surface area contributed by atoms with Crippen LogP contribution in [0.5, 0.6) is 11.5 Å². The molecule has 366 valence electrons. The van der Waals surface area contributed by atoms with E-state index in [2.05, 4.69) is 37.9 Å². The van der Waals surface area contributed by atoms with Gasteiger partial charge in [-0.2, -0.15) is 10.1 Å². The minimum Gasteiger partial charge on any atom is -0.488 e. The first-order valence-corrected chi connectivity index (χ1v) is 24.2. The van der Waals surface area contributed by atoms with Crippen LogP contribution in [0, 0.1) is 11.6 Å². The Kier molecular flexibility index (Phi) is 13.1. The molecule has 6 aromatic rings. The summed E-state index contributed by atoms with van der Waals surface area (Å²) in [6.07, 6.45) is 5.45. The number of halogens is 3. The van der Waals surface area contributed by atoms with Crippen molar-refractivity contribution in [1.29, 1.82) is 0 Å². The van der Waals surface area contributed by atoms with Crippen LogP contribution in [0.3, 0.4) is 0 Å². The Morgan fingerprint density at radius 1 is 1.00 bits per heavy atom. The first-order valence-electron chi connectivity index (χ1n) is 23.8. The fourth-order valence-corrected chi connectivity index (χ4v) is 11.2. The molecule has 0 radical (unpaired) electrons. The minimum atomic E-state index is -1.09. The Bertz CT molecular complexity index is 2970. The zero-order valence-corrected chi connectivity index (χ0v) is 39.6. The fraction of sp³-hybridized carbons (Fsp3) is 0.412. The molecule has 0 spiro atoms. The number of urea groups is 1. The number of carbonyl (C=O) groups is 3. The Balaban J connectivity index is 0.780.